The molecule has 0 radical (unpaired) electrons. The molecule has 1 aromatic heterocycles. The lowest BCUT2D eigenvalue weighted by atomic mass is 10.3. The molecule has 0 atom stereocenters. The van der Waals surface area contributed by atoms with E-state index in [0.717, 1.165) is 11.3 Å². The minimum Gasteiger partial charge on any atom is -0.477 e. The molecule has 0 aliphatic heterocycles. The number of pyridine rings is 1. The lowest BCUT2D eigenvalue weighted by molar-refractivity contribution is 0.0690. The van der Waals surface area contributed by atoms with Crippen LogP contribution in [0.1, 0.15) is 16.1 Å². The van der Waals surface area contributed by atoms with E-state index in [0.29, 0.717) is 0 Å². The molecule has 0 aromatic carbocycles. The van der Waals surface area contributed by atoms with E-state index in [2.05, 4.69) is 4.98 Å². The van der Waals surface area contributed by atoms with Gasteiger partial charge in [0.2, 0.25) is 0 Å². The number of carboxylic acids is 1. The number of hydrogen-bond donors (Lipinski definition) is 1. The summed E-state index contributed by atoms with van der Waals surface area (Å²) in [6.45, 7) is 0. The summed E-state index contributed by atoms with van der Waals surface area (Å²) in [6.07, 6.45) is 3.59. The highest BCUT2D eigenvalue weighted by Gasteiger charge is 2.02. The van der Waals surface area contributed by atoms with E-state index >= 15 is 0 Å². The summed E-state index contributed by atoms with van der Waals surface area (Å²) in [6, 6.07) is 3.31. The van der Waals surface area contributed by atoms with E-state index in [-0.39, 0.29) is 5.69 Å². The van der Waals surface area contributed by atoms with Crippen molar-refractivity contribution in [1.29, 1.82) is 0 Å². The molecule has 1 rings (SSSR count). The summed E-state index contributed by atoms with van der Waals surface area (Å²) in [5, 5.41) is 8.54. The maximum absolute atomic E-state index is 10.4. The van der Waals surface area contributed by atoms with Gasteiger partial charge in [-0.3, -0.25) is 0 Å². The minimum atomic E-state index is -0.981. The van der Waals surface area contributed by atoms with E-state index in [1.807, 2.05) is 6.26 Å². The first-order valence-corrected chi connectivity index (χ1v) is 4.80. The number of carbonyl (C=O) groups is 1. The first-order valence-electron chi connectivity index (χ1n) is 3.41. The molecular weight excluding hydrogens is 174 g/mol. The quantitative estimate of drug-likeness (QED) is 0.774. The Morgan fingerprint density at radius 3 is 2.83 bits per heavy atom. The summed E-state index contributed by atoms with van der Waals surface area (Å²) < 4.78 is 0. The molecule has 1 N–H and O–H groups in total. The Bertz CT molecular complexity index is 271. The fourth-order valence-corrected chi connectivity index (χ4v) is 1.31. The number of aromatic carboxylic acids is 1. The van der Waals surface area contributed by atoms with E-state index in [9.17, 15) is 4.79 Å². The van der Waals surface area contributed by atoms with E-state index < -0.39 is 5.97 Å². The van der Waals surface area contributed by atoms with Crippen LogP contribution < -0.4 is 0 Å². The third kappa shape index (κ3) is 2.23. The van der Waals surface area contributed by atoms with Gasteiger partial charge in [-0.1, -0.05) is 6.07 Å². The molecule has 64 valence electrons. The Morgan fingerprint density at radius 1 is 1.67 bits per heavy atom. The van der Waals surface area contributed by atoms with Crippen LogP contribution in [0.15, 0.2) is 18.3 Å². The largest absolute Gasteiger partial charge is 0.477 e. The van der Waals surface area contributed by atoms with Crippen molar-refractivity contribution in [2.75, 3.05) is 6.26 Å². The molecule has 0 fully saturated rings. The van der Waals surface area contributed by atoms with Crippen molar-refractivity contribution in [1.82, 2.24) is 4.98 Å². The summed E-state index contributed by atoms with van der Waals surface area (Å²) in [4.78, 5) is 14.2. The smallest absolute Gasteiger partial charge is 0.354 e. The zero-order valence-electron chi connectivity index (χ0n) is 6.65. The van der Waals surface area contributed by atoms with Gasteiger partial charge < -0.3 is 5.11 Å². The number of aromatic nitrogens is 1. The van der Waals surface area contributed by atoms with Crippen molar-refractivity contribution in [2.24, 2.45) is 0 Å². The first kappa shape index (κ1) is 9.06. The Labute approximate surface area is 74.8 Å². The Hall–Kier alpha value is -1.03. The number of rotatable bonds is 3. The lowest BCUT2D eigenvalue weighted by Crippen LogP contribution is -1.99. The molecule has 0 saturated heterocycles. The summed E-state index contributed by atoms with van der Waals surface area (Å²) >= 11 is 1.68. The molecule has 0 spiro atoms. The number of thioether (sulfide) groups is 1. The van der Waals surface area contributed by atoms with Gasteiger partial charge in [0.05, 0.1) is 0 Å². The fraction of sp³-hybridized carbons (Fsp3) is 0.250. The molecule has 0 bridgehead atoms. The second-order valence-corrected chi connectivity index (χ2v) is 3.16. The molecule has 0 aliphatic carbocycles. The van der Waals surface area contributed by atoms with Gasteiger partial charge in [0.25, 0.3) is 0 Å². The number of carboxylic acid groups (broad SMARTS) is 1. The average Bonchev–Trinajstić information content (AvgIpc) is 2.06. The molecule has 3 nitrogen and oxygen atoms in total. The molecule has 0 unspecified atom stereocenters. The predicted octanol–water partition coefficient (Wildman–Crippen LogP) is 1.64. The third-order valence-corrected chi connectivity index (χ3v) is 1.98. The standard InChI is InChI=1S/C8H9NO2S/c1-12-5-6-2-3-7(8(10)11)9-4-6/h2-4H,5H2,1H3,(H,10,11). The SMILES string of the molecule is CSCc1ccc(C(=O)O)nc1. The molecule has 0 amide bonds. The molecule has 0 aliphatic rings. The van der Waals surface area contributed by atoms with Gasteiger partial charge in [-0.25, -0.2) is 9.78 Å². The van der Waals surface area contributed by atoms with Gasteiger partial charge in [-0.2, -0.15) is 11.8 Å². The second-order valence-electron chi connectivity index (χ2n) is 2.29. The van der Waals surface area contributed by atoms with Crippen LogP contribution in [-0.4, -0.2) is 22.3 Å². The second kappa shape index (κ2) is 4.11. The van der Waals surface area contributed by atoms with Gasteiger partial charge >= 0.3 is 5.97 Å². The molecule has 4 heteroatoms. The highest BCUT2D eigenvalue weighted by Crippen LogP contribution is 2.07. The average molecular weight is 183 g/mol. The Kier molecular flexibility index (Phi) is 3.10. The van der Waals surface area contributed by atoms with Gasteiger partial charge in [-0.15, -0.1) is 0 Å². The van der Waals surface area contributed by atoms with Crippen molar-refractivity contribution in [3.63, 3.8) is 0 Å². The van der Waals surface area contributed by atoms with Gasteiger partial charge in [-0.05, 0) is 17.9 Å². The van der Waals surface area contributed by atoms with E-state index in [4.69, 9.17) is 5.11 Å². The third-order valence-electron chi connectivity index (χ3n) is 1.35. The van der Waals surface area contributed by atoms with Crippen LogP contribution in [0.5, 0.6) is 0 Å². The minimum absolute atomic E-state index is 0.0971. The number of hydrogen-bond acceptors (Lipinski definition) is 3. The van der Waals surface area contributed by atoms with Crippen LogP contribution in [-0.2, 0) is 5.75 Å². The maximum atomic E-state index is 10.4. The summed E-state index contributed by atoms with van der Waals surface area (Å²) in [5.74, 6) is -0.113. The summed E-state index contributed by atoms with van der Waals surface area (Å²) in [7, 11) is 0. The van der Waals surface area contributed by atoms with Crippen LogP contribution >= 0.6 is 11.8 Å². The fourth-order valence-electron chi connectivity index (χ4n) is 0.803. The van der Waals surface area contributed by atoms with Crippen molar-refractivity contribution in [3.05, 3.63) is 29.6 Å². The molecule has 1 aromatic rings. The number of nitrogens with zero attached hydrogens (tertiary/aromatic N) is 1. The van der Waals surface area contributed by atoms with Gasteiger partial charge in [0, 0.05) is 11.9 Å². The highest BCUT2D eigenvalue weighted by molar-refractivity contribution is 7.97. The van der Waals surface area contributed by atoms with Gasteiger partial charge in [0.1, 0.15) is 5.69 Å². The highest BCUT2D eigenvalue weighted by atomic mass is 32.2. The van der Waals surface area contributed by atoms with Crippen molar-refractivity contribution >= 4 is 17.7 Å². The van der Waals surface area contributed by atoms with Crippen LogP contribution in [0.4, 0.5) is 0 Å². The van der Waals surface area contributed by atoms with E-state index in [1.165, 1.54) is 6.07 Å². The maximum Gasteiger partial charge on any atom is 0.354 e. The van der Waals surface area contributed by atoms with Crippen LogP contribution in [0.3, 0.4) is 0 Å². The van der Waals surface area contributed by atoms with Crippen LogP contribution in [0.25, 0.3) is 0 Å². The first-order chi connectivity index (χ1) is 5.74. The molecular formula is C8H9NO2S. The Morgan fingerprint density at radius 2 is 2.42 bits per heavy atom. The lowest BCUT2D eigenvalue weighted by Gasteiger charge is -1.97. The van der Waals surface area contributed by atoms with Crippen LogP contribution in [0.2, 0.25) is 0 Å². The molecule has 0 saturated carbocycles. The normalized spacial score (nSPS) is 9.75. The molecule has 12 heavy (non-hydrogen) atoms. The van der Waals surface area contributed by atoms with Crippen molar-refractivity contribution in [2.45, 2.75) is 5.75 Å². The predicted molar refractivity (Wildman–Crippen MR) is 48.4 cm³/mol. The zero-order valence-corrected chi connectivity index (χ0v) is 7.47. The topological polar surface area (TPSA) is 50.2 Å². The van der Waals surface area contributed by atoms with E-state index in [1.54, 1.807) is 24.0 Å². The summed E-state index contributed by atoms with van der Waals surface area (Å²) in [5.41, 5.74) is 1.15. The van der Waals surface area contributed by atoms with Gasteiger partial charge in [0.15, 0.2) is 0 Å². The Balaban J connectivity index is 2.78. The zero-order chi connectivity index (χ0) is 8.97. The monoisotopic (exact) mass is 183 g/mol. The van der Waals surface area contributed by atoms with Crippen LogP contribution in [0, 0.1) is 0 Å². The van der Waals surface area contributed by atoms with Crippen molar-refractivity contribution in [3.8, 4) is 0 Å². The van der Waals surface area contributed by atoms with Crippen molar-refractivity contribution < 1.29 is 9.90 Å². The molecule has 1 heterocycles.